The third kappa shape index (κ3) is 3.94. The molecule has 0 aromatic heterocycles. The molecule has 8 heteroatoms. The van der Waals surface area contributed by atoms with Crippen LogP contribution in [0.5, 0.6) is 0 Å². The molecule has 0 fully saturated rings. The summed E-state index contributed by atoms with van der Waals surface area (Å²) in [5.41, 5.74) is -1.34. The topological polar surface area (TPSA) is 63.2 Å². The first-order valence-electron chi connectivity index (χ1n) is 6.95. The summed E-state index contributed by atoms with van der Waals surface area (Å²) in [7, 11) is -3.38. The number of carbonyl (C=O) groups excluding carboxylic acids is 1. The molecule has 2 aromatic carbocycles. The van der Waals surface area contributed by atoms with E-state index in [2.05, 4.69) is 5.32 Å². The Morgan fingerprint density at radius 3 is 2.17 bits per heavy atom. The smallest absolute Gasteiger partial charge is 0.322 e. The highest BCUT2D eigenvalue weighted by atomic mass is 32.2. The van der Waals surface area contributed by atoms with Gasteiger partial charge in [0.1, 0.15) is 0 Å². The first kappa shape index (κ1) is 18.0. The van der Waals surface area contributed by atoms with Gasteiger partial charge in [-0.05, 0) is 36.4 Å². The molecule has 0 bridgehead atoms. The number of hydrogen-bond acceptors (Lipinski definition) is 3. The van der Waals surface area contributed by atoms with E-state index in [0.29, 0.717) is 0 Å². The molecule has 0 aliphatic rings. The Morgan fingerprint density at radius 2 is 1.62 bits per heavy atom. The average molecular weight is 357 g/mol. The van der Waals surface area contributed by atoms with Gasteiger partial charge in [0.05, 0.1) is 21.8 Å². The second-order valence-electron chi connectivity index (χ2n) is 4.93. The molecule has 24 heavy (non-hydrogen) atoms. The summed E-state index contributed by atoms with van der Waals surface area (Å²) in [4.78, 5) is 12.2. The highest BCUT2D eigenvalue weighted by Gasteiger charge is 2.34. The molecule has 2 aromatic rings. The second-order valence-corrected chi connectivity index (χ2v) is 7.20. The zero-order valence-corrected chi connectivity index (χ0v) is 13.4. The van der Waals surface area contributed by atoms with Gasteiger partial charge in [-0.2, -0.15) is 13.2 Å². The van der Waals surface area contributed by atoms with E-state index in [1.54, 1.807) is 0 Å². The van der Waals surface area contributed by atoms with Gasteiger partial charge in [-0.3, -0.25) is 4.79 Å². The molecule has 1 amide bonds. The molecule has 4 nitrogen and oxygen atoms in total. The van der Waals surface area contributed by atoms with E-state index < -0.39 is 33.0 Å². The first-order chi connectivity index (χ1) is 11.1. The predicted molar refractivity (Wildman–Crippen MR) is 83.6 cm³/mol. The zero-order chi connectivity index (χ0) is 18.0. The fourth-order valence-corrected chi connectivity index (χ4v) is 2.92. The van der Waals surface area contributed by atoms with Crippen molar-refractivity contribution in [2.75, 3.05) is 11.1 Å². The van der Waals surface area contributed by atoms with Crippen molar-refractivity contribution in [3.8, 4) is 0 Å². The van der Waals surface area contributed by atoms with Gasteiger partial charge in [-0.1, -0.05) is 19.1 Å². The lowest BCUT2D eigenvalue weighted by molar-refractivity contribution is -0.137. The van der Waals surface area contributed by atoms with Crippen molar-refractivity contribution in [1.29, 1.82) is 0 Å². The summed E-state index contributed by atoms with van der Waals surface area (Å²) < 4.78 is 62.2. The van der Waals surface area contributed by atoms with Crippen LogP contribution < -0.4 is 5.32 Å². The Balaban J connectivity index is 2.26. The lowest BCUT2D eigenvalue weighted by Gasteiger charge is -2.12. The quantitative estimate of drug-likeness (QED) is 0.906. The molecule has 0 radical (unpaired) electrons. The number of anilines is 1. The summed E-state index contributed by atoms with van der Waals surface area (Å²) >= 11 is 0. The van der Waals surface area contributed by atoms with Crippen molar-refractivity contribution in [3.63, 3.8) is 0 Å². The van der Waals surface area contributed by atoms with Crippen molar-refractivity contribution in [1.82, 2.24) is 0 Å². The minimum Gasteiger partial charge on any atom is -0.322 e. The van der Waals surface area contributed by atoms with Crippen LogP contribution in [0.15, 0.2) is 53.4 Å². The molecule has 0 spiro atoms. The average Bonchev–Trinajstić information content (AvgIpc) is 2.54. The van der Waals surface area contributed by atoms with Gasteiger partial charge in [0.2, 0.25) is 0 Å². The highest BCUT2D eigenvalue weighted by molar-refractivity contribution is 7.91. The number of benzene rings is 2. The van der Waals surface area contributed by atoms with Gasteiger partial charge in [0.25, 0.3) is 5.91 Å². The number of sulfone groups is 1. The number of nitrogens with one attached hydrogen (secondary N) is 1. The molecule has 0 saturated carbocycles. The lowest BCUT2D eigenvalue weighted by atomic mass is 10.1. The van der Waals surface area contributed by atoms with Gasteiger partial charge < -0.3 is 5.32 Å². The normalized spacial score (nSPS) is 12.0. The second kappa shape index (κ2) is 6.64. The summed E-state index contributed by atoms with van der Waals surface area (Å²) in [5.74, 6) is -0.994. The van der Waals surface area contributed by atoms with Crippen LogP contribution in [0.1, 0.15) is 22.8 Å². The van der Waals surface area contributed by atoms with Crippen molar-refractivity contribution in [3.05, 3.63) is 59.7 Å². The fourth-order valence-electron chi connectivity index (χ4n) is 2.04. The van der Waals surface area contributed by atoms with E-state index in [9.17, 15) is 26.4 Å². The Morgan fingerprint density at radius 1 is 1.04 bits per heavy atom. The largest absolute Gasteiger partial charge is 0.417 e. The Kier molecular flexibility index (Phi) is 4.98. The highest BCUT2D eigenvalue weighted by Crippen LogP contribution is 2.32. The Hall–Kier alpha value is -2.35. The maximum absolute atomic E-state index is 12.9. The van der Waals surface area contributed by atoms with E-state index in [-0.39, 0.29) is 16.3 Å². The van der Waals surface area contributed by atoms with Crippen LogP contribution in [0.3, 0.4) is 0 Å². The van der Waals surface area contributed by atoms with Gasteiger partial charge in [0.15, 0.2) is 9.84 Å². The first-order valence-corrected chi connectivity index (χ1v) is 8.61. The van der Waals surface area contributed by atoms with Crippen LogP contribution in [0, 0.1) is 0 Å². The number of alkyl halides is 3. The lowest BCUT2D eigenvalue weighted by Crippen LogP contribution is -2.18. The van der Waals surface area contributed by atoms with E-state index in [1.165, 1.54) is 43.3 Å². The third-order valence-electron chi connectivity index (χ3n) is 3.33. The predicted octanol–water partition coefficient (Wildman–Crippen LogP) is 3.75. The Bertz CT molecular complexity index is 844. The van der Waals surface area contributed by atoms with Crippen LogP contribution in [0.25, 0.3) is 0 Å². The number of carbonyl (C=O) groups is 1. The minimum atomic E-state index is -4.65. The molecule has 0 aliphatic carbocycles. The molecule has 2 rings (SSSR count). The van der Waals surface area contributed by atoms with Gasteiger partial charge in [-0.25, -0.2) is 8.42 Å². The zero-order valence-electron chi connectivity index (χ0n) is 12.6. The Labute approximate surface area is 137 Å². The number of rotatable bonds is 4. The van der Waals surface area contributed by atoms with E-state index in [1.807, 2.05) is 0 Å². The van der Waals surface area contributed by atoms with Gasteiger partial charge in [0, 0.05) is 5.69 Å². The summed E-state index contributed by atoms with van der Waals surface area (Å²) in [6.07, 6.45) is -4.65. The van der Waals surface area contributed by atoms with Gasteiger partial charge in [-0.15, -0.1) is 0 Å². The van der Waals surface area contributed by atoms with Gasteiger partial charge >= 0.3 is 6.18 Å². The maximum atomic E-state index is 12.9. The van der Waals surface area contributed by atoms with E-state index in [0.717, 1.165) is 12.1 Å². The molecule has 1 N–H and O–H groups in total. The molecule has 0 heterocycles. The third-order valence-corrected chi connectivity index (χ3v) is 5.08. The summed E-state index contributed by atoms with van der Waals surface area (Å²) in [6.45, 7) is 1.50. The molecular formula is C16H14F3NO3S. The SMILES string of the molecule is CCS(=O)(=O)c1ccc(NC(=O)c2ccccc2C(F)(F)F)cc1. The maximum Gasteiger partial charge on any atom is 0.417 e. The fraction of sp³-hybridized carbons (Fsp3) is 0.188. The molecule has 0 saturated heterocycles. The van der Waals surface area contributed by atoms with Crippen LogP contribution in [0.4, 0.5) is 18.9 Å². The molecule has 0 unspecified atom stereocenters. The van der Waals surface area contributed by atoms with E-state index >= 15 is 0 Å². The minimum absolute atomic E-state index is 0.0718. The number of halogens is 3. The van der Waals surface area contributed by atoms with Crippen molar-refractivity contribution in [2.45, 2.75) is 18.0 Å². The number of hydrogen-bond donors (Lipinski definition) is 1. The van der Waals surface area contributed by atoms with Crippen molar-refractivity contribution in [2.24, 2.45) is 0 Å². The molecular weight excluding hydrogens is 343 g/mol. The van der Waals surface area contributed by atoms with Crippen LogP contribution in [0.2, 0.25) is 0 Å². The van der Waals surface area contributed by atoms with Crippen LogP contribution in [-0.4, -0.2) is 20.1 Å². The van der Waals surface area contributed by atoms with Crippen LogP contribution in [-0.2, 0) is 16.0 Å². The van der Waals surface area contributed by atoms with Crippen molar-refractivity contribution < 1.29 is 26.4 Å². The van der Waals surface area contributed by atoms with Crippen molar-refractivity contribution >= 4 is 21.4 Å². The van der Waals surface area contributed by atoms with E-state index in [4.69, 9.17) is 0 Å². The monoisotopic (exact) mass is 357 g/mol. The molecule has 0 atom stereocenters. The summed E-state index contributed by atoms with van der Waals surface area (Å²) in [5, 5.41) is 2.33. The molecule has 0 aliphatic heterocycles. The summed E-state index contributed by atoms with van der Waals surface area (Å²) in [6, 6.07) is 9.69. The standard InChI is InChI=1S/C16H14F3NO3S/c1-2-24(22,23)12-9-7-11(8-10-12)20-15(21)13-5-3-4-6-14(13)16(17,18)19/h3-10H,2H2,1H3,(H,20,21). The number of amides is 1. The van der Waals surface area contributed by atoms with Crippen LogP contribution >= 0.6 is 0 Å². The molecule has 128 valence electrons.